The van der Waals surface area contributed by atoms with Crippen molar-refractivity contribution in [1.29, 1.82) is 10.5 Å². The van der Waals surface area contributed by atoms with E-state index in [4.69, 9.17) is 4.98 Å². The number of pyridine rings is 1. The molecule has 0 amide bonds. The summed E-state index contributed by atoms with van der Waals surface area (Å²) in [6.07, 6.45) is 1.85. The van der Waals surface area contributed by atoms with Gasteiger partial charge in [0.15, 0.2) is 0 Å². The molecule has 1 aliphatic rings. The van der Waals surface area contributed by atoms with E-state index >= 15 is 0 Å². The number of para-hydroxylation sites is 1. The zero-order valence-corrected chi connectivity index (χ0v) is 22.5. The largest absolute Gasteiger partial charge is 0.294 e. The summed E-state index contributed by atoms with van der Waals surface area (Å²) in [6.45, 7) is 0. The summed E-state index contributed by atoms with van der Waals surface area (Å²) in [6, 6.07) is 46.2. The van der Waals surface area contributed by atoms with E-state index in [9.17, 15) is 10.5 Å². The molecule has 0 saturated heterocycles. The van der Waals surface area contributed by atoms with Gasteiger partial charge in [0.2, 0.25) is 0 Å². The van der Waals surface area contributed by atoms with E-state index in [1.54, 1.807) is 0 Å². The van der Waals surface area contributed by atoms with Crippen LogP contribution >= 0.6 is 0 Å². The number of nitriles is 2. The van der Waals surface area contributed by atoms with E-state index in [2.05, 4.69) is 108 Å². The molecule has 0 saturated carbocycles. The topological polar surface area (TPSA) is 65.4 Å². The molecule has 0 bridgehead atoms. The minimum atomic E-state index is 0.0140. The number of benzene rings is 5. The first-order valence-electron chi connectivity index (χ1n) is 13.9. The Balaban J connectivity index is 1.27. The minimum absolute atomic E-state index is 0.0140. The summed E-state index contributed by atoms with van der Waals surface area (Å²) in [7, 11) is 0. The molecule has 194 valence electrons. The van der Waals surface area contributed by atoms with Gasteiger partial charge >= 0.3 is 0 Å². The van der Waals surface area contributed by atoms with Crippen molar-refractivity contribution in [3.63, 3.8) is 0 Å². The van der Waals surface area contributed by atoms with E-state index in [0.717, 1.165) is 55.6 Å². The van der Waals surface area contributed by atoms with Crippen LogP contribution in [0.2, 0.25) is 0 Å². The first-order chi connectivity index (χ1) is 20.7. The average Bonchev–Trinajstić information content (AvgIpc) is 3.57. The van der Waals surface area contributed by atoms with Gasteiger partial charge < -0.3 is 0 Å². The van der Waals surface area contributed by atoms with E-state index in [1.807, 2.05) is 36.5 Å². The Hall–Kier alpha value is -5.97. The van der Waals surface area contributed by atoms with Crippen molar-refractivity contribution in [2.24, 2.45) is 0 Å². The zero-order valence-electron chi connectivity index (χ0n) is 22.5. The van der Waals surface area contributed by atoms with Crippen molar-refractivity contribution in [3.05, 3.63) is 155 Å². The van der Waals surface area contributed by atoms with Gasteiger partial charge in [-0.15, -0.1) is 0 Å². The Morgan fingerprint density at radius 2 is 1.26 bits per heavy atom. The predicted molar refractivity (Wildman–Crippen MR) is 166 cm³/mol. The highest BCUT2D eigenvalue weighted by Gasteiger charge is 2.30. The molecule has 8 rings (SSSR count). The summed E-state index contributed by atoms with van der Waals surface area (Å²) in [5.41, 5.74) is 12.1. The highest BCUT2D eigenvalue weighted by atomic mass is 15.0. The second-order valence-electron chi connectivity index (χ2n) is 10.7. The van der Waals surface area contributed by atoms with Crippen molar-refractivity contribution in [2.75, 3.05) is 0 Å². The van der Waals surface area contributed by atoms with Crippen LogP contribution in [0, 0.1) is 22.7 Å². The zero-order chi connectivity index (χ0) is 28.2. The van der Waals surface area contributed by atoms with Gasteiger partial charge in [0.1, 0.15) is 5.65 Å². The molecule has 0 fully saturated rings. The fourth-order valence-electron chi connectivity index (χ4n) is 6.53. The Morgan fingerprint density at radius 3 is 2.00 bits per heavy atom. The second-order valence-corrected chi connectivity index (χ2v) is 10.7. The lowest BCUT2D eigenvalue weighted by molar-refractivity contribution is 1.01. The van der Waals surface area contributed by atoms with Crippen LogP contribution in [-0.2, 0) is 0 Å². The van der Waals surface area contributed by atoms with E-state index < -0.39 is 0 Å². The standard InChI is InChI=1S/C38H22N4/c39-22-24-13-15-31-34(18-24)35-19-25(23-40)14-16-32(35)37(31)28-8-3-6-26(20-28)27-7-4-9-29(21-27)42-36-12-2-1-10-30(36)33-11-5-17-41-38(33)42/h1-21,37H. The maximum Gasteiger partial charge on any atom is 0.145 e. The molecule has 0 atom stereocenters. The number of nitrogens with zero attached hydrogens (tertiary/aromatic N) is 4. The molecular weight excluding hydrogens is 512 g/mol. The summed E-state index contributed by atoms with van der Waals surface area (Å²) in [5, 5.41) is 21.4. The molecule has 4 nitrogen and oxygen atoms in total. The number of rotatable bonds is 3. The Kier molecular flexibility index (Phi) is 5.29. The highest BCUT2D eigenvalue weighted by Crippen LogP contribution is 2.49. The van der Waals surface area contributed by atoms with E-state index in [0.29, 0.717) is 11.1 Å². The normalized spacial score (nSPS) is 12.1. The number of fused-ring (bicyclic) bond motifs is 6. The molecule has 7 aromatic rings. The van der Waals surface area contributed by atoms with Crippen molar-refractivity contribution < 1.29 is 0 Å². The predicted octanol–water partition coefficient (Wildman–Crippen LogP) is 8.75. The average molecular weight is 535 g/mol. The maximum absolute atomic E-state index is 9.56. The van der Waals surface area contributed by atoms with Crippen LogP contribution in [0.4, 0.5) is 0 Å². The third kappa shape index (κ3) is 3.57. The molecule has 0 spiro atoms. The summed E-state index contributed by atoms with van der Waals surface area (Å²) in [4.78, 5) is 4.75. The lowest BCUT2D eigenvalue weighted by Gasteiger charge is -2.16. The van der Waals surface area contributed by atoms with Crippen molar-refractivity contribution in [3.8, 4) is 40.1 Å². The third-order valence-electron chi connectivity index (χ3n) is 8.37. The second kappa shape index (κ2) is 9.30. The van der Waals surface area contributed by atoms with Gasteiger partial charge in [-0.05, 0) is 93.5 Å². The SMILES string of the molecule is N#Cc1ccc2c(c1)-c1cc(C#N)ccc1C2c1cccc(-c2cccc(-n3c4ccccc4c4cccnc43)c2)c1. The molecule has 4 heteroatoms. The van der Waals surface area contributed by atoms with Crippen LogP contribution in [-0.4, -0.2) is 9.55 Å². The van der Waals surface area contributed by atoms with Crippen LogP contribution in [0.1, 0.15) is 33.7 Å². The van der Waals surface area contributed by atoms with Gasteiger partial charge in [0.05, 0.1) is 28.8 Å². The number of hydrogen-bond donors (Lipinski definition) is 0. The van der Waals surface area contributed by atoms with Gasteiger partial charge in [-0.1, -0.05) is 66.7 Å². The van der Waals surface area contributed by atoms with Gasteiger partial charge in [-0.3, -0.25) is 4.57 Å². The Bertz CT molecular complexity index is 2180. The maximum atomic E-state index is 9.56. The highest BCUT2D eigenvalue weighted by molar-refractivity contribution is 6.07. The van der Waals surface area contributed by atoms with Gasteiger partial charge in [0, 0.05) is 28.6 Å². The first kappa shape index (κ1) is 23.9. The quantitative estimate of drug-likeness (QED) is 0.228. The monoisotopic (exact) mass is 534 g/mol. The van der Waals surface area contributed by atoms with Crippen LogP contribution in [0.15, 0.2) is 128 Å². The lowest BCUT2D eigenvalue weighted by Crippen LogP contribution is -2.00. The summed E-state index contributed by atoms with van der Waals surface area (Å²) >= 11 is 0. The molecule has 0 aliphatic heterocycles. The van der Waals surface area contributed by atoms with Gasteiger partial charge in [-0.25, -0.2) is 4.98 Å². The van der Waals surface area contributed by atoms with Crippen molar-refractivity contribution in [1.82, 2.24) is 9.55 Å². The summed E-state index contributed by atoms with van der Waals surface area (Å²) < 4.78 is 2.24. The Labute approximate surface area is 243 Å². The molecule has 5 aromatic carbocycles. The molecule has 0 radical (unpaired) electrons. The van der Waals surface area contributed by atoms with Gasteiger partial charge in [0.25, 0.3) is 0 Å². The molecule has 1 aliphatic carbocycles. The fraction of sp³-hybridized carbons (Fsp3) is 0.0263. The first-order valence-corrected chi connectivity index (χ1v) is 13.9. The van der Waals surface area contributed by atoms with Crippen molar-refractivity contribution in [2.45, 2.75) is 5.92 Å². The van der Waals surface area contributed by atoms with E-state index in [1.165, 1.54) is 10.9 Å². The molecule has 0 unspecified atom stereocenters. The molecular formula is C38H22N4. The van der Waals surface area contributed by atoms with Crippen LogP contribution < -0.4 is 0 Å². The Morgan fingerprint density at radius 1 is 0.595 bits per heavy atom. The third-order valence-corrected chi connectivity index (χ3v) is 8.37. The number of aromatic nitrogens is 2. The lowest BCUT2D eigenvalue weighted by atomic mass is 9.87. The van der Waals surface area contributed by atoms with E-state index in [-0.39, 0.29) is 5.92 Å². The van der Waals surface area contributed by atoms with Crippen molar-refractivity contribution >= 4 is 21.9 Å². The van der Waals surface area contributed by atoms with Crippen LogP contribution in [0.5, 0.6) is 0 Å². The molecule has 2 heterocycles. The van der Waals surface area contributed by atoms with Crippen LogP contribution in [0.3, 0.4) is 0 Å². The molecule has 2 aromatic heterocycles. The van der Waals surface area contributed by atoms with Crippen LogP contribution in [0.25, 0.3) is 49.9 Å². The smallest absolute Gasteiger partial charge is 0.145 e. The van der Waals surface area contributed by atoms with Gasteiger partial charge in [-0.2, -0.15) is 10.5 Å². The fourth-order valence-corrected chi connectivity index (χ4v) is 6.53. The number of hydrogen-bond acceptors (Lipinski definition) is 3. The minimum Gasteiger partial charge on any atom is -0.294 e. The molecule has 0 N–H and O–H groups in total. The molecule has 42 heavy (non-hydrogen) atoms. The summed E-state index contributed by atoms with van der Waals surface area (Å²) in [5.74, 6) is 0.0140.